The lowest BCUT2D eigenvalue weighted by atomic mass is 10.2. The van der Waals surface area contributed by atoms with Gasteiger partial charge in [-0.1, -0.05) is 30.3 Å². The number of ether oxygens (including phenoxy) is 1. The molecule has 2 aromatic rings. The summed E-state index contributed by atoms with van der Waals surface area (Å²) in [5.41, 5.74) is 8.55. The van der Waals surface area contributed by atoms with Crippen LogP contribution in [-0.4, -0.2) is 28.5 Å². The Morgan fingerprint density at radius 3 is 2.36 bits per heavy atom. The van der Waals surface area contributed by atoms with Crippen LogP contribution in [0.2, 0.25) is 0 Å². The lowest BCUT2D eigenvalue weighted by molar-refractivity contribution is -0.128. The number of nitrogens with two attached hydrogens (primary N) is 1. The molecule has 0 radical (unpaired) electrons. The molecule has 0 fully saturated rings. The van der Waals surface area contributed by atoms with Crippen LogP contribution in [-0.2, 0) is 25.3 Å². The summed E-state index contributed by atoms with van der Waals surface area (Å²) in [4.78, 5) is 9.18. The molecule has 0 aliphatic heterocycles. The van der Waals surface area contributed by atoms with Gasteiger partial charge in [0.1, 0.15) is 0 Å². The third-order valence-electron chi connectivity index (χ3n) is 3.41. The molecule has 0 spiro atoms. The summed E-state index contributed by atoms with van der Waals surface area (Å²) in [6, 6.07) is 14.3. The number of benzene rings is 2. The zero-order chi connectivity index (χ0) is 18.9. The number of sulfonamides is 1. The van der Waals surface area contributed by atoms with Gasteiger partial charge in [-0.25, -0.2) is 8.42 Å². The highest BCUT2D eigenvalue weighted by molar-refractivity contribution is 7.92. The maximum Gasteiger partial charge on any atom is 0.293 e. The number of para-hydroxylation sites is 1. The third kappa shape index (κ3) is 6.46. The number of rotatable bonds is 6. The Labute approximate surface area is 149 Å². The van der Waals surface area contributed by atoms with Crippen LogP contribution in [0.4, 0.5) is 11.4 Å². The van der Waals surface area contributed by atoms with Gasteiger partial charge >= 0.3 is 0 Å². The van der Waals surface area contributed by atoms with E-state index in [0.29, 0.717) is 30.0 Å². The molecule has 25 heavy (non-hydrogen) atoms. The Hall–Kier alpha value is -2.54. The van der Waals surface area contributed by atoms with Crippen molar-refractivity contribution in [1.82, 2.24) is 0 Å². The molecule has 0 aliphatic rings. The summed E-state index contributed by atoms with van der Waals surface area (Å²) in [7, 11) is -1.85. The van der Waals surface area contributed by atoms with E-state index < -0.39 is 10.0 Å². The van der Waals surface area contributed by atoms with Crippen molar-refractivity contribution in [3.05, 3.63) is 59.7 Å². The van der Waals surface area contributed by atoms with Gasteiger partial charge in [0.15, 0.2) is 0 Å². The van der Waals surface area contributed by atoms with Gasteiger partial charge < -0.3 is 10.5 Å². The number of carbonyl (C=O) groups is 1. The van der Waals surface area contributed by atoms with Crippen molar-refractivity contribution in [1.29, 1.82) is 0 Å². The van der Waals surface area contributed by atoms with Gasteiger partial charge in [0.2, 0.25) is 10.0 Å². The molecule has 0 heterocycles. The highest BCUT2D eigenvalue weighted by atomic mass is 32.2. The van der Waals surface area contributed by atoms with Crippen molar-refractivity contribution in [3.63, 3.8) is 0 Å². The highest BCUT2D eigenvalue weighted by Gasteiger charge is 2.20. The molecule has 136 valence electrons. The summed E-state index contributed by atoms with van der Waals surface area (Å²) in [6.45, 7) is 4.56. The van der Waals surface area contributed by atoms with Gasteiger partial charge in [-0.05, 0) is 43.2 Å². The molecule has 2 N–H and O–H groups in total. The van der Waals surface area contributed by atoms with Crippen molar-refractivity contribution in [3.8, 4) is 0 Å². The number of nitrogens with zero attached hydrogens (tertiary/aromatic N) is 1. The predicted octanol–water partition coefficient (Wildman–Crippen LogP) is 2.72. The van der Waals surface area contributed by atoms with Gasteiger partial charge in [-0.3, -0.25) is 9.10 Å². The number of hydrogen-bond acceptors (Lipinski definition) is 5. The van der Waals surface area contributed by atoms with Crippen LogP contribution in [0, 0.1) is 6.92 Å². The van der Waals surface area contributed by atoms with Crippen LogP contribution in [0.1, 0.15) is 18.1 Å². The van der Waals surface area contributed by atoms with Crippen molar-refractivity contribution in [2.75, 3.05) is 23.7 Å². The Balaban J connectivity index is 0.000000550. The maximum absolute atomic E-state index is 12.4. The lowest BCUT2D eigenvalue weighted by Crippen LogP contribution is -2.28. The minimum atomic E-state index is -3.43. The molecule has 0 saturated heterocycles. The first-order valence-electron chi connectivity index (χ1n) is 7.73. The molecule has 0 unspecified atom stereocenters. The fraction of sp³-hybridized carbons (Fsp3) is 0.278. The Kier molecular flexibility index (Phi) is 7.94. The second-order valence-electron chi connectivity index (χ2n) is 5.31. The van der Waals surface area contributed by atoms with Gasteiger partial charge in [-0.15, -0.1) is 0 Å². The zero-order valence-electron chi connectivity index (χ0n) is 14.7. The first kappa shape index (κ1) is 20.5. The molecule has 0 saturated carbocycles. The van der Waals surface area contributed by atoms with Crippen LogP contribution in [0.3, 0.4) is 0 Å². The van der Waals surface area contributed by atoms with Gasteiger partial charge in [-0.2, -0.15) is 0 Å². The van der Waals surface area contributed by atoms with Crippen molar-refractivity contribution in [2.45, 2.75) is 19.6 Å². The van der Waals surface area contributed by atoms with Crippen molar-refractivity contribution >= 4 is 27.9 Å². The van der Waals surface area contributed by atoms with Crippen molar-refractivity contribution in [2.24, 2.45) is 0 Å². The SMILES string of the molecule is CCOC=O.Cc1ccccc1N(C)S(=O)(=O)Cc1cccc(N)c1. The number of aryl methyl sites for hydroxylation is 1. The molecular formula is C18H24N2O4S. The number of carbonyl (C=O) groups excluding carboxylic acids is 1. The fourth-order valence-corrected chi connectivity index (χ4v) is 3.42. The minimum Gasteiger partial charge on any atom is -0.468 e. The summed E-state index contributed by atoms with van der Waals surface area (Å²) < 4.78 is 30.4. The second-order valence-corrected chi connectivity index (χ2v) is 7.31. The number of anilines is 2. The van der Waals surface area contributed by atoms with Gasteiger partial charge in [0.25, 0.3) is 6.47 Å². The van der Waals surface area contributed by atoms with Gasteiger partial charge in [0, 0.05) is 12.7 Å². The monoisotopic (exact) mass is 364 g/mol. The average molecular weight is 364 g/mol. The molecule has 0 aromatic heterocycles. The quantitative estimate of drug-likeness (QED) is 0.629. The molecular weight excluding hydrogens is 340 g/mol. The first-order valence-corrected chi connectivity index (χ1v) is 9.34. The molecule has 0 amide bonds. The van der Waals surface area contributed by atoms with Crippen LogP contribution in [0.25, 0.3) is 0 Å². The van der Waals surface area contributed by atoms with Crippen LogP contribution < -0.4 is 10.0 Å². The Morgan fingerprint density at radius 1 is 1.16 bits per heavy atom. The van der Waals surface area contributed by atoms with E-state index in [4.69, 9.17) is 5.73 Å². The molecule has 2 aromatic carbocycles. The summed E-state index contributed by atoms with van der Waals surface area (Å²) >= 11 is 0. The first-order chi connectivity index (χ1) is 11.8. The van der Waals surface area contributed by atoms with Gasteiger partial charge in [0.05, 0.1) is 18.0 Å². The lowest BCUT2D eigenvalue weighted by Gasteiger charge is -2.21. The highest BCUT2D eigenvalue weighted by Crippen LogP contribution is 2.23. The molecule has 0 bridgehead atoms. The van der Waals surface area contributed by atoms with E-state index in [2.05, 4.69) is 4.74 Å². The van der Waals surface area contributed by atoms with Crippen LogP contribution >= 0.6 is 0 Å². The van der Waals surface area contributed by atoms with E-state index in [-0.39, 0.29) is 5.75 Å². The number of hydrogen-bond donors (Lipinski definition) is 1. The molecule has 0 aliphatic carbocycles. The summed E-state index contributed by atoms with van der Waals surface area (Å²) in [6.07, 6.45) is 0. The van der Waals surface area contributed by atoms with E-state index in [9.17, 15) is 13.2 Å². The minimum absolute atomic E-state index is 0.0666. The topological polar surface area (TPSA) is 89.7 Å². The molecule has 2 rings (SSSR count). The summed E-state index contributed by atoms with van der Waals surface area (Å²) in [5, 5.41) is 0. The zero-order valence-corrected chi connectivity index (χ0v) is 15.5. The summed E-state index contributed by atoms with van der Waals surface area (Å²) in [5.74, 6) is -0.0666. The van der Waals surface area contributed by atoms with Crippen LogP contribution in [0.15, 0.2) is 48.5 Å². The van der Waals surface area contributed by atoms with E-state index in [0.717, 1.165) is 5.56 Å². The largest absolute Gasteiger partial charge is 0.468 e. The predicted molar refractivity (Wildman–Crippen MR) is 101 cm³/mol. The van der Waals surface area contributed by atoms with Crippen molar-refractivity contribution < 1.29 is 17.9 Å². The Morgan fingerprint density at radius 2 is 1.84 bits per heavy atom. The standard InChI is InChI=1S/C15H18N2O2S.C3H6O2/c1-12-6-3-4-9-15(12)17(2)20(18,19)11-13-7-5-8-14(16)10-13;1-2-5-3-4/h3-10H,11,16H2,1-2H3;3H,2H2,1H3. The van der Waals surface area contributed by atoms with E-state index in [1.165, 1.54) is 4.31 Å². The Bertz CT molecular complexity index is 791. The van der Waals surface area contributed by atoms with E-state index >= 15 is 0 Å². The second kappa shape index (κ2) is 9.68. The van der Waals surface area contributed by atoms with E-state index in [1.807, 2.05) is 25.1 Å². The smallest absolute Gasteiger partial charge is 0.293 e. The van der Waals surface area contributed by atoms with E-state index in [1.54, 1.807) is 44.3 Å². The average Bonchev–Trinajstić information content (AvgIpc) is 2.55. The maximum atomic E-state index is 12.4. The molecule has 0 atom stereocenters. The molecule has 7 heteroatoms. The number of nitrogen functional groups attached to an aromatic ring is 1. The van der Waals surface area contributed by atoms with Crippen LogP contribution in [0.5, 0.6) is 0 Å². The normalized spacial score (nSPS) is 10.4. The fourth-order valence-electron chi connectivity index (χ4n) is 2.12. The third-order valence-corrected chi connectivity index (χ3v) is 5.14. The molecule has 6 nitrogen and oxygen atoms in total.